The van der Waals surface area contributed by atoms with Crippen molar-refractivity contribution in [2.75, 3.05) is 13.2 Å². The van der Waals surface area contributed by atoms with Crippen LogP contribution in [0.5, 0.6) is 0 Å². The third-order valence-corrected chi connectivity index (χ3v) is 3.42. The molecule has 0 aliphatic carbocycles. The van der Waals surface area contributed by atoms with Crippen LogP contribution >= 0.6 is 0 Å². The summed E-state index contributed by atoms with van der Waals surface area (Å²) in [6.07, 6.45) is 0.807. The lowest BCUT2D eigenvalue weighted by Gasteiger charge is -2.32. The molecule has 0 radical (unpaired) electrons. The Morgan fingerprint density at radius 2 is 1.75 bits per heavy atom. The van der Waals surface area contributed by atoms with Crippen molar-refractivity contribution in [2.45, 2.75) is 59.6 Å². The highest BCUT2D eigenvalue weighted by molar-refractivity contribution is 5.89. The van der Waals surface area contributed by atoms with E-state index < -0.39 is 12.1 Å². The van der Waals surface area contributed by atoms with Crippen LogP contribution in [0.1, 0.15) is 47.5 Å². The molecular weight excluding hydrogens is 258 g/mol. The summed E-state index contributed by atoms with van der Waals surface area (Å²) < 4.78 is 10.6. The topological polar surface area (TPSA) is 64.6 Å². The average Bonchev–Trinajstić information content (AvgIpc) is 2.35. The van der Waals surface area contributed by atoms with Crippen molar-refractivity contribution >= 4 is 11.9 Å². The van der Waals surface area contributed by atoms with E-state index in [1.807, 2.05) is 34.6 Å². The van der Waals surface area contributed by atoms with Crippen LogP contribution in [0.3, 0.4) is 0 Å². The third kappa shape index (κ3) is 5.12. The zero-order chi connectivity index (χ0) is 15.3. The summed E-state index contributed by atoms with van der Waals surface area (Å²) in [6.45, 7) is 10.7. The molecule has 1 unspecified atom stereocenters. The number of rotatable bonds is 4. The maximum Gasteiger partial charge on any atom is 0.408 e. The highest BCUT2D eigenvalue weighted by Gasteiger charge is 2.34. The number of hydrogen-bond donors (Lipinski definition) is 1. The molecular formula is C15H27NO4. The van der Waals surface area contributed by atoms with E-state index in [2.05, 4.69) is 5.32 Å². The quantitative estimate of drug-likeness (QED) is 0.862. The molecule has 1 aliphatic rings. The molecule has 5 heteroatoms. The van der Waals surface area contributed by atoms with Crippen LogP contribution in [0.2, 0.25) is 0 Å². The SMILES string of the molecule is CC(C)C(=O)C(NC(=O)OC1CCOCC1)C(C)(C)C. The highest BCUT2D eigenvalue weighted by Crippen LogP contribution is 2.23. The Morgan fingerprint density at radius 1 is 1.20 bits per heavy atom. The number of carbonyl (C=O) groups excluding carboxylic acids is 2. The van der Waals surface area contributed by atoms with Crippen molar-refractivity contribution in [2.24, 2.45) is 11.3 Å². The van der Waals surface area contributed by atoms with Gasteiger partial charge >= 0.3 is 6.09 Å². The fourth-order valence-electron chi connectivity index (χ4n) is 2.14. The molecule has 0 aromatic carbocycles. The van der Waals surface area contributed by atoms with Gasteiger partial charge in [-0.25, -0.2) is 4.79 Å². The molecule has 0 aromatic rings. The second kappa shape index (κ2) is 7.07. The van der Waals surface area contributed by atoms with Gasteiger partial charge in [-0.3, -0.25) is 4.79 Å². The second-order valence-corrected chi connectivity index (χ2v) is 6.72. The number of nitrogens with one attached hydrogen (secondary N) is 1. The summed E-state index contributed by atoms with van der Waals surface area (Å²) in [5, 5.41) is 2.73. The number of hydrogen-bond acceptors (Lipinski definition) is 4. The molecule has 1 N–H and O–H groups in total. The second-order valence-electron chi connectivity index (χ2n) is 6.72. The maximum atomic E-state index is 12.2. The van der Waals surface area contributed by atoms with E-state index in [0.29, 0.717) is 26.1 Å². The van der Waals surface area contributed by atoms with E-state index in [1.165, 1.54) is 0 Å². The monoisotopic (exact) mass is 285 g/mol. The smallest absolute Gasteiger partial charge is 0.408 e. The molecule has 1 heterocycles. The number of ketones is 1. The summed E-state index contributed by atoms with van der Waals surface area (Å²) in [5.41, 5.74) is -0.337. The van der Waals surface area contributed by atoms with Crippen molar-refractivity contribution in [3.05, 3.63) is 0 Å². The first-order chi connectivity index (χ1) is 9.21. The zero-order valence-electron chi connectivity index (χ0n) is 13.2. The van der Waals surface area contributed by atoms with E-state index in [4.69, 9.17) is 9.47 Å². The molecule has 1 aliphatic heterocycles. The first-order valence-corrected chi connectivity index (χ1v) is 7.30. The van der Waals surface area contributed by atoms with Gasteiger partial charge in [-0.2, -0.15) is 0 Å². The Bertz CT molecular complexity index is 340. The number of carbonyl (C=O) groups is 2. The average molecular weight is 285 g/mol. The van der Waals surface area contributed by atoms with Crippen LogP contribution < -0.4 is 5.32 Å². The number of ether oxygens (including phenoxy) is 2. The molecule has 5 nitrogen and oxygen atoms in total. The Balaban J connectivity index is 2.60. The molecule has 1 saturated heterocycles. The Labute approximate surface area is 121 Å². The van der Waals surface area contributed by atoms with Crippen molar-refractivity contribution < 1.29 is 19.1 Å². The molecule has 1 rings (SSSR count). The summed E-state index contributed by atoms with van der Waals surface area (Å²) >= 11 is 0. The number of Topliss-reactive ketones (excluding diaryl/α,β-unsaturated/α-hetero) is 1. The minimum absolute atomic E-state index is 0.0291. The molecule has 0 saturated carbocycles. The van der Waals surface area contributed by atoms with E-state index in [1.54, 1.807) is 0 Å². The molecule has 20 heavy (non-hydrogen) atoms. The van der Waals surface area contributed by atoms with Gasteiger partial charge in [0, 0.05) is 18.8 Å². The van der Waals surface area contributed by atoms with Gasteiger partial charge in [0.1, 0.15) is 6.10 Å². The summed E-state index contributed by atoms with van der Waals surface area (Å²) in [5.74, 6) is -0.0935. The fraction of sp³-hybridized carbons (Fsp3) is 0.867. The van der Waals surface area contributed by atoms with Gasteiger partial charge in [-0.05, 0) is 5.41 Å². The number of alkyl carbamates (subject to hydrolysis) is 1. The lowest BCUT2D eigenvalue weighted by Crippen LogP contribution is -2.51. The first-order valence-electron chi connectivity index (χ1n) is 7.30. The Morgan fingerprint density at radius 3 is 2.20 bits per heavy atom. The maximum absolute atomic E-state index is 12.2. The lowest BCUT2D eigenvalue weighted by atomic mass is 9.81. The van der Waals surface area contributed by atoms with Crippen LogP contribution in [-0.2, 0) is 14.3 Å². The molecule has 116 valence electrons. The predicted molar refractivity (Wildman–Crippen MR) is 76.5 cm³/mol. The summed E-state index contributed by atoms with van der Waals surface area (Å²) in [6, 6.07) is -0.533. The van der Waals surface area contributed by atoms with Gasteiger partial charge in [0.15, 0.2) is 5.78 Å². The minimum Gasteiger partial charge on any atom is -0.446 e. The van der Waals surface area contributed by atoms with Crippen molar-refractivity contribution in [1.29, 1.82) is 0 Å². The van der Waals surface area contributed by atoms with Gasteiger partial charge in [0.05, 0.1) is 19.3 Å². The summed E-state index contributed by atoms with van der Waals surface area (Å²) in [7, 11) is 0. The van der Waals surface area contributed by atoms with Crippen molar-refractivity contribution in [3.8, 4) is 0 Å². The van der Waals surface area contributed by atoms with Crippen molar-refractivity contribution in [1.82, 2.24) is 5.32 Å². The van der Waals surface area contributed by atoms with Crippen LogP contribution in [0, 0.1) is 11.3 Å². The molecule has 1 amide bonds. The normalized spacial score (nSPS) is 18.7. The van der Waals surface area contributed by atoms with Crippen LogP contribution in [0.25, 0.3) is 0 Å². The molecule has 0 spiro atoms. The Hall–Kier alpha value is -1.10. The van der Waals surface area contributed by atoms with Gasteiger partial charge in [-0.15, -0.1) is 0 Å². The fourth-order valence-corrected chi connectivity index (χ4v) is 2.14. The van der Waals surface area contributed by atoms with Crippen LogP contribution in [0.15, 0.2) is 0 Å². The third-order valence-electron chi connectivity index (χ3n) is 3.42. The van der Waals surface area contributed by atoms with Gasteiger partial charge < -0.3 is 14.8 Å². The van der Waals surface area contributed by atoms with Gasteiger partial charge in [0.2, 0.25) is 0 Å². The lowest BCUT2D eigenvalue weighted by molar-refractivity contribution is -0.126. The first kappa shape index (κ1) is 17.0. The van der Waals surface area contributed by atoms with E-state index in [-0.39, 0.29) is 23.2 Å². The van der Waals surface area contributed by atoms with Crippen LogP contribution in [-0.4, -0.2) is 37.2 Å². The largest absolute Gasteiger partial charge is 0.446 e. The minimum atomic E-state index is -0.533. The predicted octanol–water partition coefficient (Wildman–Crippen LogP) is 2.53. The standard InChI is InChI=1S/C15H27NO4/c1-10(2)12(17)13(15(3,4)5)16-14(18)20-11-6-8-19-9-7-11/h10-11,13H,6-9H2,1-5H3,(H,16,18). The number of amides is 1. The molecule has 0 bridgehead atoms. The molecule has 1 fully saturated rings. The van der Waals surface area contributed by atoms with Crippen LogP contribution in [0.4, 0.5) is 4.79 Å². The van der Waals surface area contributed by atoms with E-state index in [9.17, 15) is 9.59 Å². The highest BCUT2D eigenvalue weighted by atomic mass is 16.6. The van der Waals surface area contributed by atoms with Gasteiger partial charge in [-0.1, -0.05) is 34.6 Å². The summed E-state index contributed by atoms with van der Waals surface area (Å²) in [4.78, 5) is 24.2. The van der Waals surface area contributed by atoms with E-state index >= 15 is 0 Å². The van der Waals surface area contributed by atoms with Crippen molar-refractivity contribution in [3.63, 3.8) is 0 Å². The Kier molecular flexibility index (Phi) is 5.99. The van der Waals surface area contributed by atoms with E-state index in [0.717, 1.165) is 0 Å². The molecule has 1 atom stereocenters. The zero-order valence-corrected chi connectivity index (χ0v) is 13.2. The molecule has 0 aromatic heterocycles. The van der Waals surface area contributed by atoms with Gasteiger partial charge in [0.25, 0.3) is 0 Å².